The van der Waals surface area contributed by atoms with Gasteiger partial charge in [0.1, 0.15) is 6.61 Å². The topological polar surface area (TPSA) is 103 Å². The highest BCUT2D eigenvalue weighted by Crippen LogP contribution is 2.55. The number of halogens is 1. The Morgan fingerprint density at radius 3 is 2.53 bits per heavy atom. The average molecular weight is 534 g/mol. The first-order valence-electron chi connectivity index (χ1n) is 13.0. The van der Waals surface area contributed by atoms with Gasteiger partial charge in [-0.3, -0.25) is 10.1 Å². The molecule has 2 fully saturated rings. The first-order chi connectivity index (χ1) is 18.5. The molecule has 4 N–H and O–H groups in total. The summed E-state index contributed by atoms with van der Waals surface area (Å²) < 4.78 is 10.8. The zero-order valence-electron chi connectivity index (χ0n) is 21.1. The van der Waals surface area contributed by atoms with E-state index in [1.807, 2.05) is 54.6 Å². The first-order valence-corrected chi connectivity index (χ1v) is 13.4. The van der Waals surface area contributed by atoms with E-state index in [2.05, 4.69) is 16.7 Å². The molecule has 5 rings (SSSR count). The Morgan fingerprint density at radius 1 is 1.00 bits per heavy atom. The van der Waals surface area contributed by atoms with Crippen LogP contribution >= 0.6 is 11.6 Å². The average Bonchev–Trinajstić information content (AvgIpc) is 3.74. The van der Waals surface area contributed by atoms with Crippen LogP contribution in [0.2, 0.25) is 5.02 Å². The van der Waals surface area contributed by atoms with E-state index in [0.717, 1.165) is 48.1 Å². The molecule has 1 aliphatic carbocycles. The molecule has 3 aromatic rings. The van der Waals surface area contributed by atoms with Gasteiger partial charge in [0.05, 0.1) is 12.6 Å². The minimum atomic E-state index is -0.538. The largest absolute Gasteiger partial charge is 0.444 e. The third kappa shape index (κ3) is 6.72. The lowest BCUT2D eigenvalue weighted by molar-refractivity contribution is 0.0624. The van der Waals surface area contributed by atoms with Gasteiger partial charge in [-0.05, 0) is 83.7 Å². The third-order valence-electron chi connectivity index (χ3n) is 7.03. The number of amides is 2. The van der Waals surface area contributed by atoms with Crippen LogP contribution in [0.15, 0.2) is 66.7 Å². The summed E-state index contributed by atoms with van der Waals surface area (Å²) in [6.07, 6.45) is 2.25. The van der Waals surface area contributed by atoms with Crippen LogP contribution in [0.3, 0.4) is 0 Å². The molecule has 7 nitrogen and oxygen atoms in total. The van der Waals surface area contributed by atoms with Gasteiger partial charge in [-0.1, -0.05) is 48.0 Å². The highest BCUT2D eigenvalue weighted by atomic mass is 35.5. The number of hydrogen-bond donors (Lipinski definition) is 3. The molecule has 0 bridgehead atoms. The van der Waals surface area contributed by atoms with Crippen LogP contribution in [0.1, 0.15) is 63.7 Å². The first kappa shape index (κ1) is 26.2. The second-order valence-electron chi connectivity index (χ2n) is 9.96. The van der Waals surface area contributed by atoms with Crippen LogP contribution in [-0.2, 0) is 22.6 Å². The van der Waals surface area contributed by atoms with E-state index in [1.165, 1.54) is 0 Å². The second kappa shape index (κ2) is 12.0. The van der Waals surface area contributed by atoms with Crippen molar-refractivity contribution in [1.82, 2.24) is 5.32 Å². The lowest BCUT2D eigenvalue weighted by atomic mass is 9.98. The number of carbonyl (C=O) groups is 2. The maximum absolute atomic E-state index is 13.0. The van der Waals surface area contributed by atoms with E-state index in [4.69, 9.17) is 26.8 Å². The summed E-state index contributed by atoms with van der Waals surface area (Å²) in [5, 5.41) is 6.42. The summed E-state index contributed by atoms with van der Waals surface area (Å²) in [5.41, 5.74) is 11.1. The summed E-state index contributed by atoms with van der Waals surface area (Å²) in [6, 6.07) is 21.0. The fraction of sp³-hybridized carbons (Fsp3) is 0.333. The van der Waals surface area contributed by atoms with Gasteiger partial charge in [-0.15, -0.1) is 0 Å². The Kier molecular flexibility index (Phi) is 8.27. The Bertz CT molecular complexity index is 1290. The maximum atomic E-state index is 13.0. The number of hydrogen-bond acceptors (Lipinski definition) is 5. The fourth-order valence-electron chi connectivity index (χ4n) is 5.01. The normalized spacial score (nSPS) is 20.4. The molecule has 0 aromatic heterocycles. The van der Waals surface area contributed by atoms with E-state index in [9.17, 15) is 9.59 Å². The number of nitrogens with one attached hydrogen (secondary N) is 2. The van der Waals surface area contributed by atoms with Crippen LogP contribution in [0, 0.1) is 0 Å². The minimum absolute atomic E-state index is 0.0340. The Labute approximate surface area is 227 Å². The zero-order valence-corrected chi connectivity index (χ0v) is 21.9. The quantitative estimate of drug-likeness (QED) is 0.343. The van der Waals surface area contributed by atoms with Gasteiger partial charge in [0.15, 0.2) is 0 Å². The molecule has 2 amide bonds. The maximum Gasteiger partial charge on any atom is 0.411 e. The van der Waals surface area contributed by atoms with Gasteiger partial charge in [0.2, 0.25) is 0 Å². The van der Waals surface area contributed by atoms with Crippen LogP contribution in [-0.4, -0.2) is 31.3 Å². The predicted molar refractivity (Wildman–Crippen MR) is 147 cm³/mol. The van der Waals surface area contributed by atoms with Gasteiger partial charge in [-0.25, -0.2) is 4.79 Å². The summed E-state index contributed by atoms with van der Waals surface area (Å²) in [5.74, 6) is 0.366. The van der Waals surface area contributed by atoms with Gasteiger partial charge in [-0.2, -0.15) is 0 Å². The minimum Gasteiger partial charge on any atom is -0.444 e. The highest BCUT2D eigenvalue weighted by molar-refractivity contribution is 6.31. The molecule has 1 heterocycles. The molecule has 3 atom stereocenters. The number of rotatable bonds is 8. The zero-order chi connectivity index (χ0) is 26.5. The molecule has 1 aliphatic heterocycles. The van der Waals surface area contributed by atoms with Crippen LogP contribution in [0.4, 0.5) is 10.5 Å². The van der Waals surface area contributed by atoms with E-state index in [1.54, 1.807) is 6.07 Å². The standard InChI is InChI=1S/C30H32ClN3O4/c31-24-12-22(13-26(14-24)34-30(36)38-17-19-5-2-1-3-6-19)28-15-27(28)21-9-20(16-32)10-23(11-21)29(35)33-25-7-4-8-37-18-25/h1-3,5-6,9-14,25,27-28H,4,7-8,15-18,32H2,(H,33,35)(H,34,36)/t25-,27-,28-/m0/s1. The summed E-state index contributed by atoms with van der Waals surface area (Å²) in [4.78, 5) is 25.3. The SMILES string of the molecule is NCc1cc(C(=O)N[C@H]2CCCOC2)cc([C@@H]2C[C@H]2c2cc(Cl)cc(NC(=O)OCc3ccccc3)c2)c1. The molecule has 0 radical (unpaired) electrons. The molecule has 3 aromatic carbocycles. The molecule has 38 heavy (non-hydrogen) atoms. The molecule has 2 aliphatic rings. The van der Waals surface area contributed by atoms with Crippen molar-refractivity contribution in [2.24, 2.45) is 5.73 Å². The van der Waals surface area contributed by atoms with E-state index in [0.29, 0.717) is 29.4 Å². The summed E-state index contributed by atoms with van der Waals surface area (Å²) in [7, 11) is 0. The van der Waals surface area contributed by atoms with Crippen molar-refractivity contribution in [3.05, 3.63) is 99.6 Å². The van der Waals surface area contributed by atoms with Gasteiger partial charge in [0, 0.05) is 29.4 Å². The monoisotopic (exact) mass is 533 g/mol. The summed E-state index contributed by atoms with van der Waals surface area (Å²) >= 11 is 6.41. The molecule has 1 saturated heterocycles. The smallest absolute Gasteiger partial charge is 0.411 e. The number of ether oxygens (including phenoxy) is 2. The number of benzene rings is 3. The lowest BCUT2D eigenvalue weighted by Crippen LogP contribution is -2.40. The molecule has 198 valence electrons. The second-order valence-corrected chi connectivity index (χ2v) is 10.4. The Hall–Kier alpha value is -3.39. The number of nitrogens with two attached hydrogens (primary N) is 1. The van der Waals surface area contributed by atoms with Crippen molar-refractivity contribution in [2.75, 3.05) is 18.5 Å². The van der Waals surface area contributed by atoms with Crippen molar-refractivity contribution in [2.45, 2.75) is 50.3 Å². The van der Waals surface area contributed by atoms with E-state index < -0.39 is 6.09 Å². The van der Waals surface area contributed by atoms with Gasteiger partial charge in [0.25, 0.3) is 5.91 Å². The van der Waals surface area contributed by atoms with Crippen LogP contribution in [0.5, 0.6) is 0 Å². The van der Waals surface area contributed by atoms with Crippen molar-refractivity contribution in [3.8, 4) is 0 Å². The van der Waals surface area contributed by atoms with Crippen molar-refractivity contribution >= 4 is 29.3 Å². The molecule has 0 spiro atoms. The third-order valence-corrected chi connectivity index (χ3v) is 7.25. The fourth-order valence-corrected chi connectivity index (χ4v) is 5.26. The molecule has 1 saturated carbocycles. The van der Waals surface area contributed by atoms with Crippen LogP contribution in [0.25, 0.3) is 0 Å². The van der Waals surface area contributed by atoms with E-state index >= 15 is 0 Å². The number of anilines is 1. The lowest BCUT2D eigenvalue weighted by Gasteiger charge is -2.23. The van der Waals surface area contributed by atoms with Gasteiger partial charge >= 0.3 is 6.09 Å². The molecular weight excluding hydrogens is 502 g/mol. The van der Waals surface area contributed by atoms with Crippen molar-refractivity contribution in [3.63, 3.8) is 0 Å². The Morgan fingerprint density at radius 2 is 1.79 bits per heavy atom. The molecular formula is C30H32ClN3O4. The Balaban J connectivity index is 1.25. The van der Waals surface area contributed by atoms with Crippen molar-refractivity contribution < 1.29 is 19.1 Å². The predicted octanol–water partition coefficient (Wildman–Crippen LogP) is 5.73. The van der Waals surface area contributed by atoms with Gasteiger partial charge < -0.3 is 20.5 Å². The molecule has 8 heteroatoms. The van der Waals surface area contributed by atoms with E-state index in [-0.39, 0.29) is 30.4 Å². The molecule has 0 unspecified atom stereocenters. The highest BCUT2D eigenvalue weighted by Gasteiger charge is 2.40. The van der Waals surface area contributed by atoms with Crippen molar-refractivity contribution in [1.29, 1.82) is 0 Å². The number of carbonyl (C=O) groups excluding carboxylic acids is 2. The summed E-state index contributed by atoms with van der Waals surface area (Å²) in [6.45, 7) is 1.84. The van der Waals surface area contributed by atoms with Crippen LogP contribution < -0.4 is 16.4 Å².